The third kappa shape index (κ3) is 23.6. The van der Waals surface area contributed by atoms with Crippen molar-refractivity contribution in [1.29, 1.82) is 0 Å². The number of likely N-dealkylation sites (N-methyl/N-ethyl adjacent to an activating group) is 1. The third-order valence-electron chi connectivity index (χ3n) is 8.45. The van der Waals surface area contributed by atoms with Crippen molar-refractivity contribution in [2.24, 2.45) is 11.8 Å². The molecule has 0 rings (SSSR count). The zero-order valence-corrected chi connectivity index (χ0v) is 29.1. The van der Waals surface area contributed by atoms with E-state index in [4.69, 9.17) is 9.05 Å². The first kappa shape index (κ1) is 40.1. The second-order valence-corrected chi connectivity index (χ2v) is 14.0. The van der Waals surface area contributed by atoms with Crippen molar-refractivity contribution in [1.82, 2.24) is 9.99 Å². The lowest BCUT2D eigenvalue weighted by atomic mass is 9.96. The van der Waals surface area contributed by atoms with E-state index in [9.17, 15) is 4.57 Å². The zero-order chi connectivity index (χ0) is 29.7. The molecule has 0 aromatic carbocycles. The van der Waals surface area contributed by atoms with Crippen LogP contribution in [0.2, 0.25) is 0 Å². The molecule has 6 heteroatoms. The van der Waals surface area contributed by atoms with Crippen LogP contribution < -0.4 is 5.09 Å². The van der Waals surface area contributed by atoms with Gasteiger partial charge in [0.2, 0.25) is 0 Å². The smallest absolute Gasteiger partial charge is 0.303 e. The van der Waals surface area contributed by atoms with Gasteiger partial charge in [-0.05, 0) is 50.6 Å². The van der Waals surface area contributed by atoms with Gasteiger partial charge in [-0.3, -0.25) is 9.05 Å². The molecule has 0 saturated heterocycles. The number of hydrogen-bond donors (Lipinski definition) is 1. The minimum absolute atomic E-state index is 0.464. The summed E-state index contributed by atoms with van der Waals surface area (Å²) in [6.45, 7) is 18.0. The molecule has 2 atom stereocenters. The fourth-order valence-corrected chi connectivity index (χ4v) is 6.90. The van der Waals surface area contributed by atoms with Crippen LogP contribution >= 0.6 is 7.75 Å². The van der Waals surface area contributed by atoms with Crippen LogP contribution in [0.3, 0.4) is 0 Å². The highest BCUT2D eigenvalue weighted by atomic mass is 31.2. The average molecular weight is 589 g/mol. The summed E-state index contributed by atoms with van der Waals surface area (Å²) in [5, 5.41) is 3.27. The fourth-order valence-electron chi connectivity index (χ4n) is 5.45. The lowest BCUT2D eigenvalue weighted by Crippen LogP contribution is -2.32. The van der Waals surface area contributed by atoms with Crippen LogP contribution in [0.4, 0.5) is 0 Å². The predicted molar refractivity (Wildman–Crippen MR) is 177 cm³/mol. The Labute approximate surface area is 252 Å². The lowest BCUT2D eigenvalue weighted by Gasteiger charge is -2.26. The average Bonchev–Trinajstić information content (AvgIpc) is 2.96. The van der Waals surface area contributed by atoms with Crippen LogP contribution in [0.1, 0.15) is 170 Å². The number of rotatable bonds is 32. The van der Waals surface area contributed by atoms with Crippen molar-refractivity contribution in [3.05, 3.63) is 0 Å². The largest absolute Gasteiger partial charge is 0.405 e. The first-order valence-electron chi connectivity index (χ1n) is 17.8. The fraction of sp³-hybridized carbons (Fsp3) is 1.00. The topological polar surface area (TPSA) is 50.8 Å². The molecule has 0 aliphatic rings. The maximum Gasteiger partial charge on any atom is 0.405 e. The molecule has 2 unspecified atom stereocenters. The maximum absolute atomic E-state index is 14.1. The highest BCUT2D eigenvalue weighted by molar-refractivity contribution is 7.51. The Balaban J connectivity index is 5.11. The lowest BCUT2D eigenvalue weighted by molar-refractivity contribution is 0.139. The molecule has 0 radical (unpaired) electrons. The maximum atomic E-state index is 14.1. The van der Waals surface area contributed by atoms with Crippen LogP contribution in [-0.2, 0) is 13.6 Å². The van der Waals surface area contributed by atoms with Gasteiger partial charge in [0.1, 0.15) is 0 Å². The summed E-state index contributed by atoms with van der Waals surface area (Å²) in [6, 6.07) is 0. The van der Waals surface area contributed by atoms with Crippen molar-refractivity contribution in [2.45, 2.75) is 170 Å². The molecule has 0 aromatic rings. The summed E-state index contributed by atoms with van der Waals surface area (Å²) in [7, 11) is -3.35. The van der Waals surface area contributed by atoms with E-state index in [1.165, 1.54) is 116 Å². The van der Waals surface area contributed by atoms with E-state index in [2.05, 4.69) is 51.5 Å². The second kappa shape index (κ2) is 29.2. The van der Waals surface area contributed by atoms with Crippen molar-refractivity contribution in [3.8, 4) is 0 Å². The molecule has 0 aliphatic carbocycles. The number of nitrogens with one attached hydrogen (secondary N) is 1. The summed E-state index contributed by atoms with van der Waals surface area (Å²) >= 11 is 0. The van der Waals surface area contributed by atoms with Gasteiger partial charge in [0.15, 0.2) is 0 Å². The molecule has 40 heavy (non-hydrogen) atoms. The number of unbranched alkanes of at least 4 members (excludes halogenated alkanes) is 12. The first-order chi connectivity index (χ1) is 19.5. The molecule has 0 heterocycles. The van der Waals surface area contributed by atoms with Gasteiger partial charge in [0.25, 0.3) is 0 Å². The Kier molecular flexibility index (Phi) is 29.2. The quantitative estimate of drug-likeness (QED) is 0.0625. The van der Waals surface area contributed by atoms with Crippen molar-refractivity contribution >= 4 is 7.75 Å². The minimum Gasteiger partial charge on any atom is -0.303 e. The van der Waals surface area contributed by atoms with Gasteiger partial charge < -0.3 is 4.90 Å². The van der Waals surface area contributed by atoms with E-state index in [1.807, 2.05) is 0 Å². The molecule has 0 bridgehead atoms. The Morgan fingerprint density at radius 3 is 1.32 bits per heavy atom. The summed E-state index contributed by atoms with van der Waals surface area (Å²) in [5.41, 5.74) is 0. The van der Waals surface area contributed by atoms with Gasteiger partial charge in [-0.1, -0.05) is 144 Å². The van der Waals surface area contributed by atoms with Crippen molar-refractivity contribution < 1.29 is 13.6 Å². The van der Waals surface area contributed by atoms with Crippen LogP contribution in [0.25, 0.3) is 0 Å². The highest BCUT2D eigenvalue weighted by Gasteiger charge is 2.27. The van der Waals surface area contributed by atoms with E-state index >= 15 is 0 Å². The van der Waals surface area contributed by atoms with Gasteiger partial charge in [-0.15, -0.1) is 0 Å². The van der Waals surface area contributed by atoms with E-state index in [0.717, 1.165) is 32.5 Å². The molecule has 0 aromatic heterocycles. The second-order valence-electron chi connectivity index (χ2n) is 12.2. The molecule has 242 valence electrons. The summed E-state index contributed by atoms with van der Waals surface area (Å²) in [4.78, 5) is 2.35. The Morgan fingerprint density at radius 2 is 0.925 bits per heavy atom. The SMILES string of the molecule is CCCCCCCCC(CCCC)COP(=O)(NCCN(CC)CC)OCC(CCCC)CCCCCCCC. The van der Waals surface area contributed by atoms with Crippen LogP contribution in [-0.4, -0.2) is 44.3 Å². The van der Waals surface area contributed by atoms with Gasteiger partial charge in [-0.25, -0.2) is 9.65 Å². The van der Waals surface area contributed by atoms with Crippen LogP contribution in [0, 0.1) is 11.8 Å². The summed E-state index contributed by atoms with van der Waals surface area (Å²) in [6.07, 6.45) is 25.2. The standard InChI is InChI=1S/C34H73N2O3P/c1-7-13-17-19-21-23-27-33(25-15-9-3)31-38-40(37,35-29-30-36(11-5)12-6)39-32-34(26-16-10-4)28-24-22-20-18-14-8-2/h33-34H,7-32H2,1-6H3,(H,35,37). The Bertz CT molecular complexity index is 523. The summed E-state index contributed by atoms with van der Waals surface area (Å²) in [5.74, 6) is 0.929. The Morgan fingerprint density at radius 1 is 0.550 bits per heavy atom. The normalized spacial score (nSPS) is 15.0. The molecule has 0 amide bonds. The van der Waals surface area contributed by atoms with Gasteiger partial charge >= 0.3 is 7.75 Å². The predicted octanol–water partition coefficient (Wildman–Crippen LogP) is 11.2. The molecule has 0 aliphatic heterocycles. The molecule has 1 N–H and O–H groups in total. The van der Waals surface area contributed by atoms with Crippen LogP contribution in [0.5, 0.6) is 0 Å². The molecule has 5 nitrogen and oxygen atoms in total. The minimum atomic E-state index is -3.35. The monoisotopic (exact) mass is 589 g/mol. The molecule has 0 spiro atoms. The highest BCUT2D eigenvalue weighted by Crippen LogP contribution is 2.45. The van der Waals surface area contributed by atoms with Gasteiger partial charge in [-0.2, -0.15) is 0 Å². The Hall–Kier alpha value is 0.0700. The molecular weight excluding hydrogens is 515 g/mol. The first-order valence-corrected chi connectivity index (χ1v) is 19.4. The molecule has 0 fully saturated rings. The number of nitrogens with zero attached hydrogens (tertiary/aromatic N) is 1. The van der Waals surface area contributed by atoms with Crippen molar-refractivity contribution in [3.63, 3.8) is 0 Å². The molecular formula is C34H73N2O3P. The summed E-state index contributed by atoms with van der Waals surface area (Å²) < 4.78 is 26.6. The van der Waals surface area contributed by atoms with E-state index in [-0.39, 0.29) is 0 Å². The van der Waals surface area contributed by atoms with E-state index in [1.54, 1.807) is 0 Å². The van der Waals surface area contributed by atoms with E-state index in [0.29, 0.717) is 31.6 Å². The molecule has 0 saturated carbocycles. The van der Waals surface area contributed by atoms with Crippen LogP contribution in [0.15, 0.2) is 0 Å². The van der Waals surface area contributed by atoms with Gasteiger partial charge in [0.05, 0.1) is 13.2 Å². The van der Waals surface area contributed by atoms with E-state index < -0.39 is 7.75 Å². The van der Waals surface area contributed by atoms with Gasteiger partial charge in [0, 0.05) is 13.1 Å². The zero-order valence-electron chi connectivity index (χ0n) is 28.2. The van der Waals surface area contributed by atoms with Crippen molar-refractivity contribution in [2.75, 3.05) is 39.4 Å². The third-order valence-corrected chi connectivity index (χ3v) is 10.0. The number of hydrogen-bond acceptors (Lipinski definition) is 4.